The normalized spacial score (nSPS) is 15.6. The fourth-order valence-electron chi connectivity index (χ4n) is 5.74. The molecule has 2 aliphatic heterocycles. The quantitative estimate of drug-likeness (QED) is 0.197. The van der Waals surface area contributed by atoms with Crippen molar-refractivity contribution in [2.45, 2.75) is 45.6 Å². The Balaban J connectivity index is 0.895. The third-order valence-corrected chi connectivity index (χ3v) is 8.54. The summed E-state index contributed by atoms with van der Waals surface area (Å²) in [5, 5.41) is 2.81. The Morgan fingerprint density at radius 1 is 0.787 bits per heavy atom. The summed E-state index contributed by atoms with van der Waals surface area (Å²) in [6.07, 6.45) is 8.26. The van der Waals surface area contributed by atoms with Gasteiger partial charge in [-0.1, -0.05) is 24.6 Å². The van der Waals surface area contributed by atoms with Crippen LogP contribution in [0.3, 0.4) is 0 Å². The van der Waals surface area contributed by atoms with Crippen LogP contribution in [-0.2, 0) is 6.54 Å². The van der Waals surface area contributed by atoms with Gasteiger partial charge in [-0.15, -0.1) is 0 Å². The number of nitrogens with one attached hydrogen (secondary N) is 1. The largest absolute Gasteiger partial charge is 0.493 e. The third-order valence-electron chi connectivity index (χ3n) is 8.54. The van der Waals surface area contributed by atoms with Gasteiger partial charge in [0.2, 0.25) is 5.88 Å². The number of anilines is 1. The minimum atomic E-state index is -0.411. The van der Waals surface area contributed by atoms with Crippen LogP contribution in [-0.4, -0.2) is 64.6 Å². The first-order valence-corrected chi connectivity index (χ1v) is 16.4. The van der Waals surface area contributed by atoms with E-state index in [2.05, 4.69) is 20.2 Å². The molecule has 0 radical (unpaired) electrons. The van der Waals surface area contributed by atoms with Gasteiger partial charge in [-0.25, -0.2) is 14.8 Å². The Hall–Kier alpha value is -4.96. The predicted molar refractivity (Wildman–Crippen MR) is 179 cm³/mol. The van der Waals surface area contributed by atoms with E-state index in [0.29, 0.717) is 54.4 Å². The van der Waals surface area contributed by atoms with E-state index < -0.39 is 6.09 Å². The van der Waals surface area contributed by atoms with Crippen molar-refractivity contribution in [3.63, 3.8) is 0 Å². The van der Waals surface area contributed by atoms with E-state index >= 15 is 0 Å². The van der Waals surface area contributed by atoms with E-state index in [9.17, 15) is 9.59 Å². The van der Waals surface area contributed by atoms with Crippen molar-refractivity contribution in [3.05, 3.63) is 102 Å². The number of likely N-dealkylation sites (tertiary alicyclic amines) is 2. The lowest BCUT2D eigenvalue weighted by Crippen LogP contribution is -2.41. The van der Waals surface area contributed by atoms with E-state index in [0.717, 1.165) is 43.8 Å². The van der Waals surface area contributed by atoms with E-state index in [-0.39, 0.29) is 5.91 Å². The molecule has 1 N–H and O–H groups in total. The second kappa shape index (κ2) is 15.6. The third kappa shape index (κ3) is 9.29. The summed E-state index contributed by atoms with van der Waals surface area (Å²) in [5.41, 5.74) is 2.85. The Kier molecular flexibility index (Phi) is 10.6. The number of nitrogens with zero attached hydrogens (tertiary/aromatic N) is 4. The maximum atomic E-state index is 12.8. The summed E-state index contributed by atoms with van der Waals surface area (Å²) in [7, 11) is 0. The van der Waals surface area contributed by atoms with Gasteiger partial charge in [-0.3, -0.25) is 9.69 Å². The summed E-state index contributed by atoms with van der Waals surface area (Å²) >= 11 is 0. The highest BCUT2D eigenvalue weighted by Crippen LogP contribution is 2.25. The number of pyridine rings is 2. The highest BCUT2D eigenvalue weighted by atomic mass is 16.6. The zero-order valence-corrected chi connectivity index (χ0v) is 26.8. The smallest absolute Gasteiger partial charge is 0.415 e. The molecule has 2 aromatic carbocycles. The Bertz CT molecular complexity index is 1600. The van der Waals surface area contributed by atoms with Crippen LogP contribution < -0.4 is 19.5 Å². The average Bonchev–Trinajstić information content (AvgIpc) is 3.11. The number of hydrogen-bond acceptors (Lipinski definition) is 8. The minimum Gasteiger partial charge on any atom is -0.493 e. The molecule has 10 nitrogen and oxygen atoms in total. The number of piperidine rings is 2. The second-order valence-corrected chi connectivity index (χ2v) is 12.2. The van der Waals surface area contributed by atoms with Crippen LogP contribution in [0.25, 0.3) is 0 Å². The van der Waals surface area contributed by atoms with Crippen LogP contribution in [0.2, 0.25) is 0 Å². The Morgan fingerprint density at radius 3 is 2.19 bits per heavy atom. The number of hydrogen-bond donors (Lipinski definition) is 1. The average molecular weight is 636 g/mol. The first-order valence-electron chi connectivity index (χ1n) is 16.4. The molecule has 4 heterocycles. The van der Waals surface area contributed by atoms with Gasteiger partial charge in [-0.2, -0.15) is 0 Å². The zero-order chi connectivity index (χ0) is 32.4. The molecule has 2 amide bonds. The highest BCUT2D eigenvalue weighted by Gasteiger charge is 2.25. The van der Waals surface area contributed by atoms with Gasteiger partial charge in [0, 0.05) is 37.5 Å². The number of rotatable bonds is 10. The Morgan fingerprint density at radius 2 is 1.51 bits per heavy atom. The van der Waals surface area contributed by atoms with Crippen molar-refractivity contribution >= 4 is 17.8 Å². The molecule has 2 saturated heterocycles. The van der Waals surface area contributed by atoms with E-state index in [1.54, 1.807) is 23.2 Å². The minimum absolute atomic E-state index is 0.236. The maximum Gasteiger partial charge on any atom is 0.415 e. The molecule has 2 aromatic heterocycles. The molecule has 244 valence electrons. The van der Waals surface area contributed by atoms with Gasteiger partial charge in [0.1, 0.15) is 17.3 Å². The van der Waals surface area contributed by atoms with Gasteiger partial charge < -0.3 is 24.4 Å². The summed E-state index contributed by atoms with van der Waals surface area (Å²) in [4.78, 5) is 38.2. The van der Waals surface area contributed by atoms with Gasteiger partial charge >= 0.3 is 6.09 Å². The van der Waals surface area contributed by atoms with Gasteiger partial charge in [0.15, 0.2) is 5.75 Å². The van der Waals surface area contributed by atoms with Crippen LogP contribution in [0.4, 0.5) is 10.6 Å². The predicted octanol–water partition coefficient (Wildman–Crippen LogP) is 7.11. The molecule has 0 bridgehead atoms. The van der Waals surface area contributed by atoms with Crippen molar-refractivity contribution < 1.29 is 23.8 Å². The van der Waals surface area contributed by atoms with Crippen LogP contribution in [0.1, 0.15) is 53.6 Å². The van der Waals surface area contributed by atoms with Crippen molar-refractivity contribution in [2.75, 3.05) is 38.1 Å². The van der Waals surface area contributed by atoms with E-state index in [1.165, 1.54) is 31.0 Å². The van der Waals surface area contributed by atoms with Crippen LogP contribution in [0, 0.1) is 12.8 Å². The maximum absolute atomic E-state index is 12.8. The van der Waals surface area contributed by atoms with Crippen molar-refractivity contribution in [2.24, 2.45) is 5.92 Å². The van der Waals surface area contributed by atoms with E-state index in [4.69, 9.17) is 14.2 Å². The van der Waals surface area contributed by atoms with Crippen LogP contribution in [0.15, 0.2) is 85.2 Å². The zero-order valence-electron chi connectivity index (χ0n) is 26.8. The molecule has 4 aromatic rings. The lowest BCUT2D eigenvalue weighted by atomic mass is 9.98. The second-order valence-electron chi connectivity index (χ2n) is 12.2. The highest BCUT2D eigenvalue weighted by molar-refractivity contribution is 6.03. The molecule has 2 aliphatic rings. The number of aromatic nitrogens is 2. The number of benzene rings is 2. The lowest BCUT2D eigenvalue weighted by Gasteiger charge is -2.31. The molecular formula is C37H41N5O5. The molecule has 6 rings (SSSR count). The number of carbonyl (C=O) groups is 2. The molecular weight excluding hydrogens is 594 g/mol. The molecule has 10 heteroatoms. The number of aryl methyl sites for hydroxylation is 1. The molecule has 0 unspecified atom stereocenters. The summed E-state index contributed by atoms with van der Waals surface area (Å²) < 4.78 is 17.4. The molecule has 0 spiro atoms. The molecule has 2 fully saturated rings. The van der Waals surface area contributed by atoms with Gasteiger partial charge in [0.25, 0.3) is 5.91 Å². The number of carbonyl (C=O) groups excluding carboxylic acids is 2. The SMILES string of the molecule is Cc1ccc(Oc2ccc(OCC3CCN(C(=O)Oc4ccc(NC(=O)c5ccc(CN6CCCCC6)cc5)nc4)CC3)cc2)nc1. The van der Waals surface area contributed by atoms with Gasteiger partial charge in [-0.05, 0) is 111 Å². The number of amides is 2. The van der Waals surface area contributed by atoms with Crippen LogP contribution >= 0.6 is 0 Å². The monoisotopic (exact) mass is 635 g/mol. The van der Waals surface area contributed by atoms with Crippen LogP contribution in [0.5, 0.6) is 23.1 Å². The first kappa shape index (κ1) is 32.0. The fourth-order valence-corrected chi connectivity index (χ4v) is 5.74. The van der Waals surface area contributed by atoms with Gasteiger partial charge in [0.05, 0.1) is 12.8 Å². The molecule has 0 saturated carbocycles. The van der Waals surface area contributed by atoms with E-state index in [1.807, 2.05) is 67.6 Å². The molecule has 0 aliphatic carbocycles. The lowest BCUT2D eigenvalue weighted by molar-refractivity contribution is 0.102. The summed E-state index contributed by atoms with van der Waals surface area (Å²) in [6, 6.07) is 22.3. The first-order chi connectivity index (χ1) is 23.0. The fraction of sp³-hybridized carbons (Fsp3) is 0.351. The topological polar surface area (TPSA) is 106 Å². The standard InChI is InChI=1S/C37H41N5O5/c1-27-5-16-35(39-23-27)46-32-12-10-31(11-13-32)45-26-29-17-21-42(22-18-29)37(44)47-33-14-15-34(38-24-33)40-36(43)30-8-6-28(7-9-30)25-41-19-3-2-4-20-41/h5-16,23-24,29H,2-4,17-22,25-26H2,1H3,(H,38,40,43). The summed E-state index contributed by atoms with van der Waals surface area (Å²) in [5.74, 6) is 2.82. The van der Waals surface area contributed by atoms with Crippen molar-refractivity contribution in [3.8, 4) is 23.1 Å². The van der Waals surface area contributed by atoms with Crippen molar-refractivity contribution in [1.29, 1.82) is 0 Å². The Labute approximate surface area is 275 Å². The number of ether oxygens (including phenoxy) is 3. The summed E-state index contributed by atoms with van der Waals surface area (Å²) in [6.45, 7) is 6.91. The van der Waals surface area contributed by atoms with Crippen molar-refractivity contribution in [1.82, 2.24) is 19.8 Å². The molecule has 0 atom stereocenters. The molecule has 47 heavy (non-hydrogen) atoms.